The second-order valence-electron chi connectivity index (χ2n) is 5.11. The molecular formula is C17H11ClINO3S. The second kappa shape index (κ2) is 7.16. The van der Waals surface area contributed by atoms with E-state index in [-0.39, 0.29) is 23.4 Å². The van der Waals surface area contributed by atoms with E-state index >= 15 is 0 Å². The van der Waals surface area contributed by atoms with Crippen molar-refractivity contribution in [3.8, 4) is 5.75 Å². The van der Waals surface area contributed by atoms with Gasteiger partial charge in [0.1, 0.15) is 5.75 Å². The van der Waals surface area contributed by atoms with Gasteiger partial charge in [0.25, 0.3) is 11.1 Å². The number of carbonyl (C=O) groups is 2. The fourth-order valence-electron chi connectivity index (χ4n) is 2.22. The smallest absolute Gasteiger partial charge is 0.293 e. The van der Waals surface area contributed by atoms with Crippen molar-refractivity contribution in [3.63, 3.8) is 0 Å². The summed E-state index contributed by atoms with van der Waals surface area (Å²) in [5, 5.41) is 9.81. The molecule has 2 amide bonds. The van der Waals surface area contributed by atoms with Crippen molar-refractivity contribution in [3.05, 3.63) is 67.1 Å². The van der Waals surface area contributed by atoms with Crippen molar-refractivity contribution in [2.45, 2.75) is 6.54 Å². The molecule has 0 aromatic heterocycles. The summed E-state index contributed by atoms with van der Waals surface area (Å²) in [7, 11) is 0. The number of benzene rings is 2. The highest BCUT2D eigenvalue weighted by Gasteiger charge is 2.34. The van der Waals surface area contributed by atoms with E-state index in [0.717, 1.165) is 22.9 Å². The van der Waals surface area contributed by atoms with Crippen molar-refractivity contribution in [2.75, 3.05) is 0 Å². The molecule has 3 rings (SSSR count). The molecule has 0 atom stereocenters. The van der Waals surface area contributed by atoms with Gasteiger partial charge in [-0.25, -0.2) is 0 Å². The number of rotatable bonds is 3. The van der Waals surface area contributed by atoms with Crippen LogP contribution in [0.1, 0.15) is 11.1 Å². The number of halogens is 2. The fraction of sp³-hybridized carbons (Fsp3) is 0.0588. The van der Waals surface area contributed by atoms with E-state index in [0.29, 0.717) is 13.5 Å². The first-order valence-electron chi connectivity index (χ1n) is 6.92. The van der Waals surface area contributed by atoms with Gasteiger partial charge in [0.05, 0.1) is 15.0 Å². The standard InChI is InChI=1S/C17H11ClINO3S/c18-12-3-1-2-11(6-12)9-20-16(22)15(24-17(20)23)8-10-4-5-14(21)13(19)7-10/h1-8,21H,9H2/b15-8-. The zero-order valence-electron chi connectivity index (χ0n) is 12.2. The molecule has 1 fully saturated rings. The monoisotopic (exact) mass is 471 g/mol. The Labute approximate surface area is 161 Å². The van der Waals surface area contributed by atoms with Crippen LogP contribution in [-0.4, -0.2) is 21.2 Å². The van der Waals surface area contributed by atoms with Crippen LogP contribution in [0.4, 0.5) is 4.79 Å². The Hall–Kier alpha value is -1.51. The van der Waals surface area contributed by atoms with Crippen LogP contribution in [0.3, 0.4) is 0 Å². The molecule has 1 saturated heterocycles. The van der Waals surface area contributed by atoms with Crippen LogP contribution >= 0.6 is 46.0 Å². The summed E-state index contributed by atoms with van der Waals surface area (Å²) in [5.41, 5.74) is 1.55. The first-order valence-corrected chi connectivity index (χ1v) is 9.20. The molecule has 4 nitrogen and oxygen atoms in total. The van der Waals surface area contributed by atoms with Crippen LogP contribution in [0.5, 0.6) is 5.75 Å². The molecule has 122 valence electrons. The van der Waals surface area contributed by atoms with E-state index < -0.39 is 0 Å². The van der Waals surface area contributed by atoms with Crippen LogP contribution in [-0.2, 0) is 11.3 Å². The summed E-state index contributed by atoms with van der Waals surface area (Å²) in [4.78, 5) is 26.2. The molecule has 1 N–H and O–H groups in total. The van der Waals surface area contributed by atoms with Crippen LogP contribution in [0.15, 0.2) is 47.4 Å². The molecule has 2 aromatic rings. The van der Waals surface area contributed by atoms with Gasteiger partial charge >= 0.3 is 0 Å². The summed E-state index contributed by atoms with van der Waals surface area (Å²) < 4.78 is 0.680. The van der Waals surface area contributed by atoms with E-state index in [4.69, 9.17) is 11.6 Å². The molecule has 1 aliphatic heterocycles. The molecule has 24 heavy (non-hydrogen) atoms. The van der Waals surface area contributed by atoms with Gasteiger partial charge in [-0.2, -0.15) is 0 Å². The maximum atomic E-state index is 12.5. The average Bonchev–Trinajstić information content (AvgIpc) is 2.79. The van der Waals surface area contributed by atoms with Gasteiger partial charge in [0, 0.05) is 5.02 Å². The Balaban J connectivity index is 1.83. The minimum absolute atomic E-state index is 0.182. The van der Waals surface area contributed by atoms with Crippen molar-refractivity contribution < 1.29 is 14.7 Å². The zero-order valence-corrected chi connectivity index (χ0v) is 15.9. The van der Waals surface area contributed by atoms with E-state index in [1.54, 1.807) is 42.5 Å². The molecule has 1 aliphatic rings. The third kappa shape index (κ3) is 3.76. The van der Waals surface area contributed by atoms with Crippen molar-refractivity contribution in [1.82, 2.24) is 4.90 Å². The number of hydrogen-bond acceptors (Lipinski definition) is 4. The third-order valence-corrected chi connectivity index (χ3v) is 5.38. The number of aromatic hydroxyl groups is 1. The Bertz CT molecular complexity index is 869. The van der Waals surface area contributed by atoms with Crippen LogP contribution in [0.2, 0.25) is 5.02 Å². The minimum atomic E-state index is -0.326. The van der Waals surface area contributed by atoms with Crippen LogP contribution < -0.4 is 0 Å². The average molecular weight is 472 g/mol. The minimum Gasteiger partial charge on any atom is -0.507 e. The Kier molecular flexibility index (Phi) is 5.17. The van der Waals surface area contributed by atoms with Crippen molar-refractivity contribution in [1.29, 1.82) is 0 Å². The maximum absolute atomic E-state index is 12.5. The van der Waals surface area contributed by atoms with E-state index in [1.807, 2.05) is 28.7 Å². The lowest BCUT2D eigenvalue weighted by Crippen LogP contribution is -2.27. The molecule has 0 saturated carbocycles. The summed E-state index contributed by atoms with van der Waals surface area (Å²) in [6.45, 7) is 0.190. The highest BCUT2D eigenvalue weighted by atomic mass is 127. The summed E-state index contributed by atoms with van der Waals surface area (Å²) in [6.07, 6.45) is 1.66. The normalized spacial score (nSPS) is 16.2. The summed E-state index contributed by atoms with van der Waals surface area (Å²) in [6, 6.07) is 12.1. The lowest BCUT2D eigenvalue weighted by molar-refractivity contribution is -0.123. The Morgan fingerprint density at radius 3 is 2.71 bits per heavy atom. The van der Waals surface area contributed by atoms with Gasteiger partial charge in [-0.15, -0.1) is 0 Å². The van der Waals surface area contributed by atoms with Crippen molar-refractivity contribution >= 4 is 63.2 Å². The van der Waals surface area contributed by atoms with Gasteiger partial charge in [-0.1, -0.05) is 29.8 Å². The topological polar surface area (TPSA) is 57.6 Å². The number of thioether (sulfide) groups is 1. The predicted octanol–water partition coefficient (Wildman–Crippen LogP) is 4.89. The zero-order chi connectivity index (χ0) is 17.3. The van der Waals surface area contributed by atoms with Crippen LogP contribution in [0.25, 0.3) is 6.08 Å². The van der Waals surface area contributed by atoms with Crippen molar-refractivity contribution in [2.24, 2.45) is 0 Å². The molecular weight excluding hydrogens is 461 g/mol. The first kappa shape index (κ1) is 17.3. The van der Waals surface area contributed by atoms with Gasteiger partial charge in [-0.05, 0) is 75.8 Å². The molecule has 0 radical (unpaired) electrons. The lowest BCUT2D eigenvalue weighted by Gasteiger charge is -2.12. The number of phenolic OH excluding ortho intramolecular Hbond substituents is 1. The number of phenols is 1. The van der Waals surface area contributed by atoms with Gasteiger partial charge in [-0.3, -0.25) is 14.5 Å². The highest BCUT2D eigenvalue weighted by molar-refractivity contribution is 14.1. The molecule has 0 spiro atoms. The molecule has 0 aliphatic carbocycles. The van der Waals surface area contributed by atoms with E-state index in [9.17, 15) is 14.7 Å². The molecule has 2 aromatic carbocycles. The van der Waals surface area contributed by atoms with Crippen LogP contribution in [0, 0.1) is 3.57 Å². The predicted molar refractivity (Wildman–Crippen MR) is 104 cm³/mol. The van der Waals surface area contributed by atoms with Gasteiger partial charge in [0.2, 0.25) is 0 Å². The fourth-order valence-corrected chi connectivity index (χ4v) is 3.81. The SMILES string of the molecule is O=C1S/C(=C\c2ccc(O)c(I)c2)C(=O)N1Cc1cccc(Cl)c1. The number of hydrogen-bond donors (Lipinski definition) is 1. The number of imide groups is 1. The Morgan fingerprint density at radius 1 is 1.21 bits per heavy atom. The molecule has 0 unspecified atom stereocenters. The third-order valence-electron chi connectivity index (χ3n) is 3.37. The van der Waals surface area contributed by atoms with E-state index in [1.165, 1.54) is 4.90 Å². The van der Waals surface area contributed by atoms with Gasteiger partial charge in [0.15, 0.2) is 0 Å². The largest absolute Gasteiger partial charge is 0.507 e. The lowest BCUT2D eigenvalue weighted by atomic mass is 10.2. The number of nitrogens with zero attached hydrogens (tertiary/aromatic N) is 1. The van der Waals surface area contributed by atoms with Gasteiger partial charge < -0.3 is 5.11 Å². The first-order chi connectivity index (χ1) is 11.4. The number of carbonyl (C=O) groups excluding carboxylic acids is 2. The maximum Gasteiger partial charge on any atom is 0.293 e. The van der Waals surface area contributed by atoms with E-state index in [2.05, 4.69) is 0 Å². The molecule has 0 bridgehead atoms. The summed E-state index contributed by atoms with van der Waals surface area (Å²) in [5.74, 6) is -0.144. The number of amides is 2. The Morgan fingerprint density at radius 2 is 2.00 bits per heavy atom. The summed E-state index contributed by atoms with van der Waals surface area (Å²) >= 11 is 8.86. The second-order valence-corrected chi connectivity index (χ2v) is 7.70. The quantitative estimate of drug-likeness (QED) is 0.512. The molecule has 1 heterocycles. The highest BCUT2D eigenvalue weighted by Crippen LogP contribution is 2.34. The molecule has 7 heteroatoms.